The maximum Gasteiger partial charge on any atom is 0.227 e. The number of nitrogens with zero attached hydrogens (tertiary/aromatic N) is 1. The normalized spacial score (nSPS) is 20.6. The third-order valence-corrected chi connectivity index (χ3v) is 6.38. The van der Waals surface area contributed by atoms with E-state index < -0.39 is 0 Å². The lowest BCUT2D eigenvalue weighted by Gasteiger charge is -2.32. The van der Waals surface area contributed by atoms with Gasteiger partial charge in [-0.05, 0) is 79.5 Å². The third kappa shape index (κ3) is 4.05. The summed E-state index contributed by atoms with van der Waals surface area (Å²) in [6, 6.07) is 17.8. The monoisotopic (exact) mass is 392 g/mol. The van der Waals surface area contributed by atoms with Gasteiger partial charge < -0.3 is 5.32 Å². The van der Waals surface area contributed by atoms with Crippen molar-refractivity contribution in [3.63, 3.8) is 0 Å². The Kier molecular flexibility index (Phi) is 5.63. The fraction of sp³-hybridized carbons (Fsp3) is 0.333. The molecule has 0 spiro atoms. The Morgan fingerprint density at radius 1 is 1.04 bits per heavy atom. The average molecular weight is 393 g/mol. The van der Waals surface area contributed by atoms with Crippen molar-refractivity contribution in [2.45, 2.75) is 38.5 Å². The van der Waals surface area contributed by atoms with E-state index in [1.165, 1.54) is 10.9 Å². The van der Waals surface area contributed by atoms with Gasteiger partial charge in [0, 0.05) is 28.2 Å². The second kappa shape index (κ2) is 8.32. The predicted molar refractivity (Wildman–Crippen MR) is 116 cm³/mol. The Morgan fingerprint density at radius 3 is 2.50 bits per heavy atom. The fourth-order valence-electron chi connectivity index (χ4n) is 4.41. The van der Waals surface area contributed by atoms with E-state index in [1.807, 2.05) is 24.4 Å². The first-order chi connectivity index (χ1) is 13.6. The smallest absolute Gasteiger partial charge is 0.227 e. The molecule has 0 aliphatic heterocycles. The van der Waals surface area contributed by atoms with E-state index in [0.717, 1.165) is 36.9 Å². The lowest BCUT2D eigenvalue weighted by Crippen LogP contribution is -2.29. The number of para-hydroxylation sites is 1. The van der Waals surface area contributed by atoms with Gasteiger partial charge in [-0.3, -0.25) is 9.78 Å². The van der Waals surface area contributed by atoms with E-state index in [2.05, 4.69) is 41.5 Å². The van der Waals surface area contributed by atoms with Crippen LogP contribution in [0.4, 0.5) is 5.69 Å². The summed E-state index contributed by atoms with van der Waals surface area (Å²) in [6.07, 6.45) is 6.33. The highest BCUT2D eigenvalue weighted by atomic mass is 35.5. The number of carbonyl (C=O) groups is 1. The van der Waals surface area contributed by atoms with Crippen LogP contribution >= 0.6 is 11.6 Å². The second-order valence-electron chi connectivity index (χ2n) is 7.81. The Balaban J connectivity index is 1.39. The number of anilines is 1. The number of hydrogen-bond acceptors (Lipinski definition) is 2. The number of nitrogens with one attached hydrogen (secondary N) is 1. The third-order valence-electron chi connectivity index (χ3n) is 6.13. The summed E-state index contributed by atoms with van der Waals surface area (Å²) in [7, 11) is 0. The van der Waals surface area contributed by atoms with Crippen LogP contribution in [0.3, 0.4) is 0 Å². The van der Waals surface area contributed by atoms with Crippen LogP contribution in [0.25, 0.3) is 10.9 Å². The van der Waals surface area contributed by atoms with E-state index in [9.17, 15) is 4.79 Å². The van der Waals surface area contributed by atoms with E-state index in [0.29, 0.717) is 16.9 Å². The van der Waals surface area contributed by atoms with Crippen LogP contribution in [0, 0.1) is 11.8 Å². The van der Waals surface area contributed by atoms with E-state index in [-0.39, 0.29) is 11.8 Å². The van der Waals surface area contributed by atoms with Crippen molar-refractivity contribution in [3.05, 3.63) is 71.4 Å². The van der Waals surface area contributed by atoms with Gasteiger partial charge in [0.15, 0.2) is 0 Å². The fourth-order valence-corrected chi connectivity index (χ4v) is 4.53. The summed E-state index contributed by atoms with van der Waals surface area (Å²) in [5, 5.41) is 4.97. The van der Waals surface area contributed by atoms with Gasteiger partial charge in [0.1, 0.15) is 0 Å². The van der Waals surface area contributed by atoms with Crippen LogP contribution in [0.2, 0.25) is 5.02 Å². The maximum absolute atomic E-state index is 12.7. The molecule has 1 aliphatic rings. The van der Waals surface area contributed by atoms with E-state index in [4.69, 9.17) is 11.6 Å². The van der Waals surface area contributed by atoms with Crippen molar-refractivity contribution in [1.29, 1.82) is 0 Å². The molecule has 1 unspecified atom stereocenters. The van der Waals surface area contributed by atoms with Crippen LogP contribution in [0.1, 0.15) is 44.1 Å². The molecule has 1 amide bonds. The van der Waals surface area contributed by atoms with Gasteiger partial charge in [0.25, 0.3) is 0 Å². The Labute approximate surface area is 171 Å². The van der Waals surface area contributed by atoms with Crippen molar-refractivity contribution in [2.24, 2.45) is 11.8 Å². The number of amides is 1. The van der Waals surface area contributed by atoms with Crippen molar-refractivity contribution >= 4 is 34.1 Å². The second-order valence-corrected chi connectivity index (χ2v) is 8.25. The molecule has 28 heavy (non-hydrogen) atoms. The largest absolute Gasteiger partial charge is 0.326 e. The highest BCUT2D eigenvalue weighted by Crippen LogP contribution is 2.40. The first-order valence-corrected chi connectivity index (χ1v) is 10.4. The van der Waals surface area contributed by atoms with Gasteiger partial charge >= 0.3 is 0 Å². The molecule has 0 bridgehead atoms. The molecule has 4 rings (SSSR count). The summed E-state index contributed by atoms with van der Waals surface area (Å²) in [5.41, 5.74) is 3.28. The lowest BCUT2D eigenvalue weighted by atomic mass is 9.73. The number of benzene rings is 2. The quantitative estimate of drug-likeness (QED) is 0.555. The summed E-state index contributed by atoms with van der Waals surface area (Å²) in [5.74, 6) is 1.08. The van der Waals surface area contributed by atoms with Crippen molar-refractivity contribution < 1.29 is 4.79 Å². The van der Waals surface area contributed by atoms with Gasteiger partial charge in [-0.1, -0.05) is 36.7 Å². The van der Waals surface area contributed by atoms with Crippen molar-refractivity contribution in [1.82, 2.24) is 4.98 Å². The average Bonchev–Trinajstić information content (AvgIpc) is 2.74. The van der Waals surface area contributed by atoms with Gasteiger partial charge in [-0.25, -0.2) is 0 Å². The molecule has 1 atom stereocenters. The lowest BCUT2D eigenvalue weighted by molar-refractivity contribution is -0.121. The SMILES string of the molecule is CC(C(=O)Nc1ccc(Cl)cc1)[C@H]1CC[C@H](c2ccnc3ccccc32)CC1. The minimum Gasteiger partial charge on any atom is -0.326 e. The van der Waals surface area contributed by atoms with Crippen LogP contribution in [-0.4, -0.2) is 10.9 Å². The number of pyridine rings is 1. The zero-order chi connectivity index (χ0) is 19.5. The molecule has 1 heterocycles. The van der Waals surface area contributed by atoms with Crippen LogP contribution < -0.4 is 5.32 Å². The van der Waals surface area contributed by atoms with Crippen molar-refractivity contribution in [3.8, 4) is 0 Å². The maximum atomic E-state index is 12.7. The highest BCUT2D eigenvalue weighted by Gasteiger charge is 2.30. The Hall–Kier alpha value is -2.39. The summed E-state index contributed by atoms with van der Waals surface area (Å²) in [4.78, 5) is 17.2. The molecule has 3 aromatic rings. The van der Waals surface area contributed by atoms with Crippen LogP contribution in [0.15, 0.2) is 60.8 Å². The molecule has 1 aliphatic carbocycles. The Morgan fingerprint density at radius 2 is 1.75 bits per heavy atom. The molecule has 3 nitrogen and oxygen atoms in total. The first kappa shape index (κ1) is 18.9. The Bertz CT molecular complexity index is 957. The minimum absolute atomic E-state index is 0.00538. The number of aromatic nitrogens is 1. The standard InChI is InChI=1S/C24H25ClN2O/c1-16(24(28)27-20-12-10-19(25)11-13-20)17-6-8-18(9-7-17)21-14-15-26-23-5-3-2-4-22(21)23/h2-5,10-18H,6-9H2,1H3,(H,27,28)/t16?,17-,18-. The van der Waals surface area contributed by atoms with Gasteiger partial charge in [-0.2, -0.15) is 0 Å². The molecule has 0 radical (unpaired) electrons. The molecule has 1 saturated carbocycles. The molecule has 2 aromatic carbocycles. The first-order valence-electron chi connectivity index (χ1n) is 10.0. The molecular weight excluding hydrogens is 368 g/mol. The molecule has 1 N–H and O–H groups in total. The zero-order valence-electron chi connectivity index (χ0n) is 16.1. The van der Waals surface area contributed by atoms with E-state index in [1.54, 1.807) is 12.1 Å². The van der Waals surface area contributed by atoms with E-state index >= 15 is 0 Å². The number of halogens is 1. The van der Waals surface area contributed by atoms with Crippen molar-refractivity contribution in [2.75, 3.05) is 5.32 Å². The number of hydrogen-bond donors (Lipinski definition) is 1. The van der Waals surface area contributed by atoms with Gasteiger partial charge in [-0.15, -0.1) is 0 Å². The number of rotatable bonds is 4. The molecule has 0 saturated heterocycles. The molecule has 1 fully saturated rings. The molecule has 1 aromatic heterocycles. The molecule has 4 heteroatoms. The number of fused-ring (bicyclic) bond motifs is 1. The molecule has 144 valence electrons. The van der Waals surface area contributed by atoms with Gasteiger partial charge in [0.2, 0.25) is 5.91 Å². The predicted octanol–water partition coefficient (Wildman–Crippen LogP) is 6.44. The zero-order valence-corrected chi connectivity index (χ0v) is 16.8. The minimum atomic E-state index is 0.00538. The topological polar surface area (TPSA) is 42.0 Å². The summed E-state index contributed by atoms with van der Waals surface area (Å²) < 4.78 is 0. The van der Waals surface area contributed by atoms with Gasteiger partial charge in [0.05, 0.1) is 5.52 Å². The van der Waals surface area contributed by atoms with Crippen LogP contribution in [-0.2, 0) is 4.79 Å². The number of carbonyl (C=O) groups excluding carboxylic acids is 1. The van der Waals surface area contributed by atoms with Crippen LogP contribution in [0.5, 0.6) is 0 Å². The summed E-state index contributed by atoms with van der Waals surface area (Å²) >= 11 is 5.92. The summed E-state index contributed by atoms with van der Waals surface area (Å²) in [6.45, 7) is 2.05. The highest BCUT2D eigenvalue weighted by molar-refractivity contribution is 6.30. The molecular formula is C24H25ClN2O.